The summed E-state index contributed by atoms with van der Waals surface area (Å²) in [5.74, 6) is -1.22. The number of amides is 1. The van der Waals surface area contributed by atoms with Crippen molar-refractivity contribution < 1.29 is 19.4 Å². The highest BCUT2D eigenvalue weighted by molar-refractivity contribution is 5.94. The fraction of sp³-hybridized carbons (Fsp3) is 0.400. The van der Waals surface area contributed by atoms with E-state index < -0.39 is 30.5 Å². The van der Waals surface area contributed by atoms with E-state index in [-0.39, 0.29) is 5.56 Å². The van der Waals surface area contributed by atoms with Crippen molar-refractivity contribution in [3.05, 3.63) is 29.8 Å². The smallest absolute Gasteiger partial charge is 0.253 e. The summed E-state index contributed by atoms with van der Waals surface area (Å²) < 4.78 is 12.8. The molecule has 0 spiro atoms. The Kier molecular flexibility index (Phi) is 3.92. The van der Waals surface area contributed by atoms with E-state index in [1.807, 2.05) is 0 Å². The molecule has 3 N–H and O–H groups in total. The summed E-state index contributed by atoms with van der Waals surface area (Å²) in [5, 5.41) is 20.3. The van der Waals surface area contributed by atoms with E-state index in [9.17, 15) is 9.18 Å². The van der Waals surface area contributed by atoms with Crippen molar-refractivity contribution in [3.8, 4) is 0 Å². The number of halogens is 1. The Labute approximate surface area is 91.9 Å². The fourth-order valence-corrected chi connectivity index (χ4v) is 1.01. The van der Waals surface area contributed by atoms with Crippen molar-refractivity contribution in [1.82, 2.24) is 10.3 Å². The van der Waals surface area contributed by atoms with Crippen LogP contribution in [0.1, 0.15) is 17.3 Å². The number of aliphatic hydroxyl groups is 2. The summed E-state index contributed by atoms with van der Waals surface area (Å²) in [4.78, 5) is 15.1. The Morgan fingerprint density at radius 2 is 2.12 bits per heavy atom. The molecule has 1 rings (SSSR count). The first kappa shape index (κ1) is 12.5. The molecule has 0 fully saturated rings. The van der Waals surface area contributed by atoms with Crippen LogP contribution in [-0.2, 0) is 0 Å². The van der Waals surface area contributed by atoms with Gasteiger partial charge in [-0.2, -0.15) is 0 Å². The minimum atomic E-state index is -1.14. The van der Waals surface area contributed by atoms with Gasteiger partial charge in [0.05, 0.1) is 30.5 Å². The minimum absolute atomic E-state index is 0.0353. The summed E-state index contributed by atoms with van der Waals surface area (Å²) in [5.41, 5.74) is -1.10. The molecule has 0 atom stereocenters. The number of carbonyl (C=O) groups excluding carboxylic acids is 1. The van der Waals surface area contributed by atoms with Crippen molar-refractivity contribution in [1.29, 1.82) is 0 Å². The normalized spacial score (nSPS) is 11.2. The van der Waals surface area contributed by atoms with Crippen molar-refractivity contribution >= 4 is 5.91 Å². The number of aliphatic hydroxyl groups excluding tert-OH is 2. The van der Waals surface area contributed by atoms with E-state index in [4.69, 9.17) is 10.2 Å². The molecule has 5 nitrogen and oxygen atoms in total. The average Bonchev–Trinajstić information content (AvgIpc) is 2.29. The second-order valence-corrected chi connectivity index (χ2v) is 3.72. The van der Waals surface area contributed by atoms with Crippen LogP contribution < -0.4 is 5.32 Å². The molecule has 0 aromatic carbocycles. The number of pyridine rings is 1. The monoisotopic (exact) mass is 228 g/mol. The maximum atomic E-state index is 12.8. The topological polar surface area (TPSA) is 82.5 Å². The summed E-state index contributed by atoms with van der Waals surface area (Å²) in [6.45, 7) is 0.633. The lowest BCUT2D eigenvalue weighted by atomic mass is 10.0. The molecule has 1 aromatic rings. The van der Waals surface area contributed by atoms with Gasteiger partial charge in [-0.1, -0.05) is 0 Å². The van der Waals surface area contributed by atoms with E-state index in [1.54, 1.807) is 0 Å². The van der Waals surface area contributed by atoms with Crippen molar-refractivity contribution in [2.75, 3.05) is 13.2 Å². The number of nitrogens with one attached hydrogen (secondary N) is 1. The van der Waals surface area contributed by atoms with Gasteiger partial charge in [-0.05, 0) is 13.0 Å². The minimum Gasteiger partial charge on any atom is -0.394 e. The highest BCUT2D eigenvalue weighted by atomic mass is 19.1. The second kappa shape index (κ2) is 5.00. The molecular weight excluding hydrogens is 215 g/mol. The van der Waals surface area contributed by atoms with Crippen LogP contribution in [0.4, 0.5) is 4.39 Å². The molecule has 1 aromatic heterocycles. The number of rotatable bonds is 4. The Balaban J connectivity index is 2.80. The van der Waals surface area contributed by atoms with E-state index in [0.29, 0.717) is 0 Å². The van der Waals surface area contributed by atoms with Crippen LogP contribution in [0.3, 0.4) is 0 Å². The van der Waals surface area contributed by atoms with Crippen molar-refractivity contribution in [3.63, 3.8) is 0 Å². The van der Waals surface area contributed by atoms with Crippen LogP contribution in [0.25, 0.3) is 0 Å². The molecule has 1 heterocycles. The molecule has 16 heavy (non-hydrogen) atoms. The van der Waals surface area contributed by atoms with Crippen molar-refractivity contribution in [2.24, 2.45) is 0 Å². The van der Waals surface area contributed by atoms with E-state index in [2.05, 4.69) is 10.3 Å². The van der Waals surface area contributed by atoms with Gasteiger partial charge in [-0.25, -0.2) is 4.39 Å². The number of carbonyl (C=O) groups is 1. The summed E-state index contributed by atoms with van der Waals surface area (Å²) in [7, 11) is 0. The van der Waals surface area contributed by atoms with Gasteiger partial charge in [-0.3, -0.25) is 9.78 Å². The molecule has 0 aliphatic rings. The van der Waals surface area contributed by atoms with Crippen LogP contribution in [-0.4, -0.2) is 39.9 Å². The lowest BCUT2D eigenvalue weighted by molar-refractivity contribution is 0.0723. The highest BCUT2D eigenvalue weighted by Crippen LogP contribution is 2.05. The zero-order valence-electron chi connectivity index (χ0n) is 8.77. The third-order valence-electron chi connectivity index (χ3n) is 2.08. The Morgan fingerprint density at radius 1 is 1.50 bits per heavy atom. The predicted octanol–water partition coefficient (Wildman–Crippen LogP) is -0.306. The van der Waals surface area contributed by atoms with Crippen LogP contribution in [0.2, 0.25) is 0 Å². The van der Waals surface area contributed by atoms with Crippen LogP contribution in [0, 0.1) is 5.82 Å². The first-order chi connectivity index (χ1) is 7.50. The van der Waals surface area contributed by atoms with Gasteiger partial charge < -0.3 is 15.5 Å². The molecule has 6 heteroatoms. The predicted molar refractivity (Wildman–Crippen MR) is 54.2 cm³/mol. The van der Waals surface area contributed by atoms with Crippen LogP contribution >= 0.6 is 0 Å². The molecule has 1 amide bonds. The summed E-state index contributed by atoms with van der Waals surface area (Å²) in [6.07, 6.45) is 2.18. The Hall–Kier alpha value is -1.53. The molecule has 0 saturated carbocycles. The lowest BCUT2D eigenvalue weighted by Crippen LogP contribution is -2.51. The quantitative estimate of drug-likeness (QED) is 0.660. The van der Waals surface area contributed by atoms with Gasteiger partial charge in [0.2, 0.25) is 0 Å². The lowest BCUT2D eigenvalue weighted by Gasteiger charge is -2.26. The van der Waals surface area contributed by atoms with Gasteiger partial charge in [0.1, 0.15) is 5.82 Å². The first-order valence-electron chi connectivity index (χ1n) is 4.65. The molecule has 88 valence electrons. The maximum absolute atomic E-state index is 12.8. The number of hydrogen-bond acceptors (Lipinski definition) is 4. The molecule has 0 aliphatic carbocycles. The molecule has 0 unspecified atom stereocenters. The van der Waals surface area contributed by atoms with Gasteiger partial charge in [0.25, 0.3) is 5.91 Å². The van der Waals surface area contributed by atoms with Gasteiger partial charge in [-0.15, -0.1) is 0 Å². The van der Waals surface area contributed by atoms with Gasteiger partial charge in [0.15, 0.2) is 0 Å². The number of aromatic nitrogens is 1. The van der Waals surface area contributed by atoms with Crippen LogP contribution in [0.5, 0.6) is 0 Å². The molecule has 0 radical (unpaired) electrons. The zero-order valence-corrected chi connectivity index (χ0v) is 8.77. The highest BCUT2D eigenvalue weighted by Gasteiger charge is 2.25. The maximum Gasteiger partial charge on any atom is 0.253 e. The van der Waals surface area contributed by atoms with E-state index in [0.717, 1.165) is 12.3 Å². The SMILES string of the molecule is CC(CO)(CO)NC(=O)c1cncc(F)c1. The summed E-state index contributed by atoms with van der Waals surface area (Å²) >= 11 is 0. The Bertz CT molecular complexity index is 380. The Morgan fingerprint density at radius 3 is 2.62 bits per heavy atom. The largest absolute Gasteiger partial charge is 0.394 e. The third kappa shape index (κ3) is 2.98. The first-order valence-corrected chi connectivity index (χ1v) is 4.65. The zero-order chi connectivity index (χ0) is 12.2. The summed E-state index contributed by atoms with van der Waals surface area (Å²) in [6, 6.07) is 1.03. The molecule has 0 aliphatic heterocycles. The molecular formula is C10H13FN2O3. The number of hydrogen-bond donors (Lipinski definition) is 3. The molecule has 0 bridgehead atoms. The average molecular weight is 228 g/mol. The second-order valence-electron chi connectivity index (χ2n) is 3.72. The third-order valence-corrected chi connectivity index (χ3v) is 2.08. The van der Waals surface area contributed by atoms with Gasteiger partial charge in [0, 0.05) is 6.20 Å². The fourth-order valence-electron chi connectivity index (χ4n) is 1.01. The molecule has 0 saturated heterocycles. The van der Waals surface area contributed by atoms with Crippen LogP contribution in [0.15, 0.2) is 18.5 Å². The van der Waals surface area contributed by atoms with E-state index in [1.165, 1.54) is 13.1 Å². The van der Waals surface area contributed by atoms with E-state index >= 15 is 0 Å². The standard InChI is InChI=1S/C10H13FN2O3/c1-10(5-14,6-15)13-9(16)7-2-8(11)4-12-3-7/h2-4,14-15H,5-6H2,1H3,(H,13,16). The van der Waals surface area contributed by atoms with Gasteiger partial charge >= 0.3 is 0 Å². The van der Waals surface area contributed by atoms with Crippen molar-refractivity contribution in [2.45, 2.75) is 12.5 Å². The number of nitrogens with zero attached hydrogens (tertiary/aromatic N) is 1.